The Kier molecular flexibility index (Phi) is 7.71. The zero-order valence-electron chi connectivity index (χ0n) is 23.7. The molecule has 0 radical (unpaired) electrons. The molecule has 0 aliphatic carbocycles. The molecule has 40 heavy (non-hydrogen) atoms. The van der Waals surface area contributed by atoms with E-state index in [9.17, 15) is 14.9 Å². The number of rotatable bonds is 7. The van der Waals surface area contributed by atoms with Crippen molar-refractivity contribution >= 4 is 28.4 Å². The van der Waals surface area contributed by atoms with Crippen molar-refractivity contribution < 1.29 is 14.3 Å². The van der Waals surface area contributed by atoms with Gasteiger partial charge in [0, 0.05) is 17.9 Å². The van der Waals surface area contributed by atoms with Crippen LogP contribution in [0.15, 0.2) is 41.3 Å². The summed E-state index contributed by atoms with van der Waals surface area (Å²) in [6.07, 6.45) is 4.31. The van der Waals surface area contributed by atoms with E-state index < -0.39 is 23.2 Å². The molecule has 0 unspecified atom stereocenters. The van der Waals surface area contributed by atoms with Gasteiger partial charge in [-0.25, -0.2) is 4.79 Å². The van der Waals surface area contributed by atoms with Crippen LogP contribution in [0.4, 0.5) is 11.5 Å². The molecule has 3 atom stereocenters. The number of nitrogens with zero attached hydrogens (tertiary/aromatic N) is 4. The molecule has 10 heteroatoms. The Hall–Kier alpha value is -3.68. The number of nitrogens with one attached hydrogen (secondary N) is 2. The van der Waals surface area contributed by atoms with Gasteiger partial charge in [-0.2, -0.15) is 10.4 Å². The summed E-state index contributed by atoms with van der Waals surface area (Å²) in [7, 11) is 0. The van der Waals surface area contributed by atoms with Crippen LogP contribution >= 0.6 is 0 Å². The number of benzene rings is 1. The van der Waals surface area contributed by atoms with E-state index in [4.69, 9.17) is 14.6 Å². The third-order valence-electron chi connectivity index (χ3n) is 7.90. The maximum atomic E-state index is 13.0. The maximum Gasteiger partial charge on any atom is 0.335 e. The number of carbonyl (C=O) groups excluding carboxylic acids is 1. The Labute approximate surface area is 234 Å². The number of anilines is 2. The van der Waals surface area contributed by atoms with Gasteiger partial charge in [-0.1, -0.05) is 12.1 Å². The van der Waals surface area contributed by atoms with E-state index in [-0.39, 0.29) is 18.6 Å². The second-order valence-electron chi connectivity index (χ2n) is 11.9. The van der Waals surface area contributed by atoms with E-state index in [2.05, 4.69) is 40.3 Å². The van der Waals surface area contributed by atoms with Crippen LogP contribution in [0.3, 0.4) is 0 Å². The quantitative estimate of drug-likeness (QED) is 0.407. The number of ether oxygens (including phenoxy) is 2. The van der Waals surface area contributed by atoms with E-state index >= 15 is 0 Å². The molecule has 0 saturated carbocycles. The van der Waals surface area contributed by atoms with E-state index in [0.717, 1.165) is 18.8 Å². The van der Waals surface area contributed by atoms with Gasteiger partial charge in [0.2, 0.25) is 0 Å². The highest BCUT2D eigenvalue weighted by molar-refractivity contribution is 5.91. The minimum Gasteiger partial charge on any atom is -0.458 e. The number of aromatic nitrogens is 3. The predicted molar refractivity (Wildman–Crippen MR) is 152 cm³/mol. The molecule has 2 aromatic heterocycles. The lowest BCUT2D eigenvalue weighted by atomic mass is 9.87. The minimum absolute atomic E-state index is 0.0938. The number of pyridine rings is 1. The molecular weight excluding hydrogens is 508 g/mol. The number of carbonyl (C=O) groups is 1. The highest BCUT2D eigenvalue weighted by atomic mass is 16.6. The van der Waals surface area contributed by atoms with Crippen molar-refractivity contribution in [3.63, 3.8) is 0 Å². The summed E-state index contributed by atoms with van der Waals surface area (Å²) in [5.74, 6) is -0.00607. The summed E-state index contributed by atoms with van der Waals surface area (Å²) in [5.41, 5.74) is 0.917. The first-order chi connectivity index (χ1) is 19.1. The minimum atomic E-state index is -0.839. The smallest absolute Gasteiger partial charge is 0.335 e. The van der Waals surface area contributed by atoms with Crippen LogP contribution in [-0.4, -0.2) is 57.0 Å². The SMILES string of the molecule is C[C@@H](c1ccc(Nc2nn([C@]3(CC#N)CC[C@@H](C(=O)OC(C)(C)C)OC3)c3cc[nH]c(=O)c23)cc1)N1CCCC1. The Bertz CT molecular complexity index is 1450. The third-order valence-corrected chi connectivity index (χ3v) is 7.90. The average Bonchev–Trinajstić information content (AvgIpc) is 3.58. The van der Waals surface area contributed by atoms with E-state index in [1.807, 2.05) is 32.9 Å². The summed E-state index contributed by atoms with van der Waals surface area (Å²) in [5, 5.41) is 18.3. The van der Waals surface area contributed by atoms with Gasteiger partial charge in [-0.3, -0.25) is 14.4 Å². The lowest BCUT2D eigenvalue weighted by Gasteiger charge is -2.39. The zero-order valence-corrected chi connectivity index (χ0v) is 23.7. The maximum absolute atomic E-state index is 13.0. The first kappa shape index (κ1) is 27.9. The van der Waals surface area contributed by atoms with Crippen LogP contribution in [0.5, 0.6) is 0 Å². The van der Waals surface area contributed by atoms with Crippen molar-refractivity contribution in [2.75, 3.05) is 25.0 Å². The number of aromatic amines is 1. The first-order valence-electron chi connectivity index (χ1n) is 14.0. The zero-order chi connectivity index (χ0) is 28.5. The number of esters is 1. The summed E-state index contributed by atoms with van der Waals surface area (Å²) >= 11 is 0. The second-order valence-corrected chi connectivity index (χ2v) is 11.9. The molecule has 3 aromatic rings. The topological polar surface area (TPSA) is 125 Å². The van der Waals surface area contributed by atoms with Crippen molar-refractivity contribution in [2.24, 2.45) is 0 Å². The third kappa shape index (κ3) is 5.62. The largest absolute Gasteiger partial charge is 0.458 e. The van der Waals surface area contributed by atoms with Gasteiger partial charge in [0.05, 0.1) is 30.2 Å². The van der Waals surface area contributed by atoms with Gasteiger partial charge in [-0.15, -0.1) is 0 Å². The molecule has 212 valence electrons. The van der Waals surface area contributed by atoms with Crippen molar-refractivity contribution in [1.29, 1.82) is 5.26 Å². The summed E-state index contributed by atoms with van der Waals surface area (Å²) < 4.78 is 13.2. The molecule has 2 N–H and O–H groups in total. The normalized spacial score (nSPS) is 22.6. The number of hydrogen-bond acceptors (Lipinski definition) is 8. The van der Waals surface area contributed by atoms with Gasteiger partial charge in [-0.05, 0) is 90.2 Å². The fourth-order valence-corrected chi connectivity index (χ4v) is 5.74. The Morgan fingerprint density at radius 2 is 2.00 bits per heavy atom. The molecule has 2 aliphatic rings. The molecule has 5 rings (SSSR count). The summed E-state index contributed by atoms with van der Waals surface area (Å²) in [6.45, 7) is 10.0. The lowest BCUT2D eigenvalue weighted by Crippen LogP contribution is -2.47. The van der Waals surface area contributed by atoms with Crippen LogP contribution in [0.25, 0.3) is 10.9 Å². The Morgan fingerprint density at radius 1 is 1.27 bits per heavy atom. The van der Waals surface area contributed by atoms with Gasteiger partial charge in [0.25, 0.3) is 5.56 Å². The van der Waals surface area contributed by atoms with Crippen molar-refractivity contribution in [1.82, 2.24) is 19.7 Å². The molecule has 2 fully saturated rings. The van der Waals surface area contributed by atoms with Crippen LogP contribution in [0.1, 0.15) is 71.4 Å². The number of fused-ring (bicyclic) bond motifs is 1. The molecule has 0 amide bonds. The molecule has 2 saturated heterocycles. The first-order valence-corrected chi connectivity index (χ1v) is 14.0. The second kappa shape index (κ2) is 11.1. The number of likely N-dealkylation sites (tertiary alicyclic amines) is 1. The monoisotopic (exact) mass is 546 g/mol. The fourth-order valence-electron chi connectivity index (χ4n) is 5.74. The lowest BCUT2D eigenvalue weighted by molar-refractivity contribution is -0.176. The van der Waals surface area contributed by atoms with E-state index in [0.29, 0.717) is 35.6 Å². The van der Waals surface area contributed by atoms with Crippen LogP contribution < -0.4 is 10.9 Å². The predicted octanol–water partition coefficient (Wildman–Crippen LogP) is 4.75. The molecule has 0 spiro atoms. The number of H-pyrrole nitrogens is 1. The van der Waals surface area contributed by atoms with Gasteiger partial charge in [0.1, 0.15) is 11.0 Å². The Balaban J connectivity index is 1.42. The number of nitriles is 1. The summed E-state index contributed by atoms with van der Waals surface area (Å²) in [4.78, 5) is 30.9. The van der Waals surface area contributed by atoms with Gasteiger partial charge >= 0.3 is 5.97 Å². The molecular formula is C30H38N6O4. The fraction of sp³-hybridized carbons (Fsp3) is 0.533. The highest BCUT2D eigenvalue weighted by Crippen LogP contribution is 2.37. The van der Waals surface area contributed by atoms with Crippen LogP contribution in [0.2, 0.25) is 0 Å². The number of hydrogen-bond donors (Lipinski definition) is 2. The van der Waals surface area contributed by atoms with Crippen molar-refractivity contribution in [3.8, 4) is 6.07 Å². The summed E-state index contributed by atoms with van der Waals surface area (Å²) in [6, 6.07) is 12.6. The molecule has 0 bridgehead atoms. The Morgan fingerprint density at radius 3 is 2.62 bits per heavy atom. The van der Waals surface area contributed by atoms with E-state index in [1.165, 1.54) is 18.4 Å². The molecule has 2 aliphatic heterocycles. The van der Waals surface area contributed by atoms with Gasteiger partial charge in [0.15, 0.2) is 11.9 Å². The standard InChI is InChI=1S/C30H38N6O4/c1-20(35-17-5-6-18-35)21-7-9-22(10-8-21)33-26-25-23(12-16-32-27(25)37)36(34-26)30(14-15-31)13-11-24(39-19-30)28(38)40-29(2,3)4/h7-10,12,16,20,24H,5-6,11,13-14,17-19H2,1-4H3,(H,32,37)(H,33,34)/t20-,24-,30-/m0/s1. The van der Waals surface area contributed by atoms with Crippen molar-refractivity contribution in [2.45, 2.75) is 83.1 Å². The molecule has 4 heterocycles. The van der Waals surface area contributed by atoms with Crippen molar-refractivity contribution in [3.05, 3.63) is 52.4 Å². The van der Waals surface area contributed by atoms with Gasteiger partial charge < -0.3 is 19.8 Å². The molecule has 1 aromatic carbocycles. The average molecular weight is 547 g/mol. The highest BCUT2D eigenvalue weighted by Gasteiger charge is 2.43. The van der Waals surface area contributed by atoms with Crippen LogP contribution in [0, 0.1) is 11.3 Å². The molecule has 10 nitrogen and oxygen atoms in total. The van der Waals surface area contributed by atoms with E-state index in [1.54, 1.807) is 16.9 Å². The van der Waals surface area contributed by atoms with Crippen LogP contribution in [-0.2, 0) is 19.8 Å².